The summed E-state index contributed by atoms with van der Waals surface area (Å²) in [4.78, 5) is 11.3. The lowest BCUT2D eigenvalue weighted by molar-refractivity contribution is 0.120. The Balaban J connectivity index is 2.61. The molecule has 0 bridgehead atoms. The molecule has 2 atom stereocenters. The van der Waals surface area contributed by atoms with Crippen LogP contribution < -0.4 is 4.72 Å². The molecule has 0 aromatic heterocycles. The van der Waals surface area contributed by atoms with Crippen molar-refractivity contribution in [3.05, 3.63) is 0 Å². The molecule has 0 aromatic carbocycles. The van der Waals surface area contributed by atoms with Gasteiger partial charge in [-0.15, -0.1) is 11.6 Å². The molecule has 0 aliphatic carbocycles. The second-order valence-electron chi connectivity index (χ2n) is 4.70. The summed E-state index contributed by atoms with van der Waals surface area (Å²) in [6.07, 6.45) is -0.749. The molecular weight excluding hydrogens is 280 g/mol. The quantitative estimate of drug-likeness (QED) is 0.797. The van der Waals surface area contributed by atoms with Crippen LogP contribution in [0.2, 0.25) is 0 Å². The van der Waals surface area contributed by atoms with Gasteiger partial charge in [0.05, 0.1) is 6.10 Å². The number of carbonyl (C=O) groups excluding carboxylic acids is 1. The number of hydrogen-bond acceptors (Lipinski definition) is 4. The number of carbonyl (C=O) groups is 1. The van der Waals surface area contributed by atoms with Crippen LogP contribution in [0.3, 0.4) is 0 Å². The highest BCUT2D eigenvalue weighted by atomic mass is 35.5. The predicted octanol–water partition coefficient (Wildman–Crippen LogP) is 1.32. The zero-order valence-electron chi connectivity index (χ0n) is 10.7. The second-order valence-corrected chi connectivity index (χ2v) is 6.93. The number of halogens is 1. The fourth-order valence-electron chi connectivity index (χ4n) is 1.71. The number of piperidine rings is 1. The van der Waals surface area contributed by atoms with Gasteiger partial charge in [0.2, 0.25) is 0 Å². The van der Waals surface area contributed by atoms with E-state index in [4.69, 9.17) is 16.3 Å². The van der Waals surface area contributed by atoms with Crippen molar-refractivity contribution in [1.82, 2.24) is 9.03 Å². The van der Waals surface area contributed by atoms with Gasteiger partial charge >= 0.3 is 16.3 Å². The monoisotopic (exact) mass is 298 g/mol. The number of alkyl halides is 1. The summed E-state index contributed by atoms with van der Waals surface area (Å²) < 4.78 is 31.7. The molecule has 1 saturated heterocycles. The molecule has 0 aromatic rings. The third kappa shape index (κ3) is 4.29. The summed E-state index contributed by atoms with van der Waals surface area (Å²) >= 11 is 6.02. The molecule has 1 fully saturated rings. The van der Waals surface area contributed by atoms with Crippen LogP contribution in [0.25, 0.3) is 0 Å². The molecular formula is C10H19ClN2O4S. The minimum atomic E-state index is -3.83. The minimum Gasteiger partial charge on any atom is -0.446 e. The highest BCUT2D eigenvalue weighted by molar-refractivity contribution is 7.87. The summed E-state index contributed by atoms with van der Waals surface area (Å²) in [7, 11) is -3.83. The molecule has 18 heavy (non-hydrogen) atoms. The summed E-state index contributed by atoms with van der Waals surface area (Å²) in [5, 5.41) is -0.0286. The van der Waals surface area contributed by atoms with Gasteiger partial charge in [-0.25, -0.2) is 9.52 Å². The van der Waals surface area contributed by atoms with Crippen molar-refractivity contribution in [2.24, 2.45) is 5.92 Å². The lowest BCUT2D eigenvalue weighted by Crippen LogP contribution is -2.50. The van der Waals surface area contributed by atoms with Crippen LogP contribution in [0.1, 0.15) is 27.2 Å². The van der Waals surface area contributed by atoms with Crippen LogP contribution in [-0.2, 0) is 14.9 Å². The summed E-state index contributed by atoms with van der Waals surface area (Å²) in [5.74, 6) is 0.0538. The first-order valence-corrected chi connectivity index (χ1v) is 7.72. The van der Waals surface area contributed by atoms with Gasteiger partial charge in [-0.05, 0) is 26.2 Å². The van der Waals surface area contributed by atoms with E-state index in [-0.39, 0.29) is 17.4 Å². The Morgan fingerprint density at radius 3 is 2.61 bits per heavy atom. The highest BCUT2D eigenvalue weighted by Gasteiger charge is 2.32. The zero-order valence-corrected chi connectivity index (χ0v) is 12.3. The topological polar surface area (TPSA) is 75.7 Å². The number of ether oxygens (including phenoxy) is 1. The van der Waals surface area contributed by atoms with Gasteiger partial charge in [0.15, 0.2) is 0 Å². The average molecular weight is 299 g/mol. The van der Waals surface area contributed by atoms with Gasteiger partial charge in [0.1, 0.15) is 0 Å². The van der Waals surface area contributed by atoms with E-state index in [2.05, 4.69) is 0 Å². The zero-order chi connectivity index (χ0) is 13.9. The normalized spacial score (nSPS) is 26.1. The Kier molecular flexibility index (Phi) is 5.24. The third-order valence-electron chi connectivity index (χ3n) is 2.66. The van der Waals surface area contributed by atoms with Crippen LogP contribution in [0.15, 0.2) is 0 Å². The predicted molar refractivity (Wildman–Crippen MR) is 68.7 cm³/mol. The molecule has 0 radical (unpaired) electrons. The lowest BCUT2D eigenvalue weighted by Gasteiger charge is -2.32. The molecule has 8 heteroatoms. The number of nitrogens with zero attached hydrogens (tertiary/aromatic N) is 1. The Morgan fingerprint density at radius 2 is 2.11 bits per heavy atom. The largest absolute Gasteiger partial charge is 0.446 e. The van der Waals surface area contributed by atoms with Crippen molar-refractivity contribution >= 4 is 27.9 Å². The van der Waals surface area contributed by atoms with Crippen LogP contribution >= 0.6 is 11.6 Å². The van der Waals surface area contributed by atoms with Gasteiger partial charge in [-0.3, -0.25) is 0 Å². The van der Waals surface area contributed by atoms with E-state index in [0.29, 0.717) is 19.5 Å². The van der Waals surface area contributed by atoms with Crippen molar-refractivity contribution in [3.63, 3.8) is 0 Å². The van der Waals surface area contributed by atoms with E-state index < -0.39 is 16.3 Å². The van der Waals surface area contributed by atoms with E-state index in [0.717, 1.165) is 0 Å². The first kappa shape index (κ1) is 15.5. The molecule has 6 nitrogen and oxygen atoms in total. The Morgan fingerprint density at radius 1 is 1.50 bits per heavy atom. The maximum absolute atomic E-state index is 11.9. The van der Waals surface area contributed by atoms with Crippen molar-refractivity contribution in [2.75, 3.05) is 13.1 Å². The first-order valence-electron chi connectivity index (χ1n) is 5.85. The average Bonchev–Trinajstić information content (AvgIpc) is 2.19. The van der Waals surface area contributed by atoms with Gasteiger partial charge < -0.3 is 4.74 Å². The Labute approximate surface area is 113 Å². The van der Waals surface area contributed by atoms with E-state index >= 15 is 0 Å². The molecule has 1 N–H and O–H groups in total. The number of amides is 1. The molecule has 1 amide bonds. The van der Waals surface area contributed by atoms with Crippen molar-refractivity contribution in [3.8, 4) is 0 Å². The van der Waals surface area contributed by atoms with Crippen LogP contribution in [0.4, 0.5) is 4.79 Å². The fraction of sp³-hybridized carbons (Fsp3) is 0.900. The van der Waals surface area contributed by atoms with E-state index in [1.807, 2.05) is 11.6 Å². The molecule has 1 heterocycles. The van der Waals surface area contributed by atoms with E-state index in [1.165, 1.54) is 4.31 Å². The van der Waals surface area contributed by atoms with Crippen molar-refractivity contribution in [1.29, 1.82) is 0 Å². The van der Waals surface area contributed by atoms with Crippen LogP contribution in [0, 0.1) is 5.92 Å². The van der Waals surface area contributed by atoms with Gasteiger partial charge in [0, 0.05) is 18.5 Å². The van der Waals surface area contributed by atoms with Crippen LogP contribution in [-0.4, -0.2) is 43.4 Å². The van der Waals surface area contributed by atoms with Crippen molar-refractivity contribution in [2.45, 2.75) is 38.7 Å². The first-order chi connectivity index (χ1) is 8.22. The lowest BCUT2D eigenvalue weighted by atomic mass is 10.0. The highest BCUT2D eigenvalue weighted by Crippen LogP contribution is 2.23. The Bertz CT molecular complexity index is 399. The van der Waals surface area contributed by atoms with E-state index in [1.54, 1.807) is 13.8 Å². The molecule has 0 spiro atoms. The van der Waals surface area contributed by atoms with Crippen LogP contribution in [0.5, 0.6) is 0 Å². The minimum absolute atomic E-state index is 0.0286. The standard InChI is InChI=1S/C10H19ClN2O4S/c1-7(2)17-10(14)12-18(15,16)13-5-4-9(11)8(3)6-13/h7-9H,4-6H2,1-3H3,(H,12,14). The summed E-state index contributed by atoms with van der Waals surface area (Å²) in [6, 6.07) is 0. The molecule has 106 valence electrons. The van der Waals surface area contributed by atoms with Gasteiger partial charge in [-0.1, -0.05) is 6.92 Å². The Hall–Kier alpha value is -0.530. The third-order valence-corrected chi connectivity index (χ3v) is 4.74. The molecule has 1 aliphatic heterocycles. The molecule has 0 saturated carbocycles. The maximum atomic E-state index is 11.9. The number of hydrogen-bond donors (Lipinski definition) is 1. The van der Waals surface area contributed by atoms with Gasteiger partial charge in [-0.2, -0.15) is 12.7 Å². The maximum Gasteiger partial charge on any atom is 0.422 e. The molecule has 1 aliphatic rings. The van der Waals surface area contributed by atoms with Crippen molar-refractivity contribution < 1.29 is 17.9 Å². The molecule has 2 unspecified atom stereocenters. The fourth-order valence-corrected chi connectivity index (χ4v) is 3.05. The second kappa shape index (κ2) is 6.08. The smallest absolute Gasteiger partial charge is 0.422 e. The summed E-state index contributed by atoms with van der Waals surface area (Å²) in [5.41, 5.74) is 0. The summed E-state index contributed by atoms with van der Waals surface area (Å²) in [6.45, 7) is 5.79. The number of nitrogens with one attached hydrogen (secondary N) is 1. The van der Waals surface area contributed by atoms with E-state index in [9.17, 15) is 13.2 Å². The molecule has 1 rings (SSSR count). The number of rotatable bonds is 3. The van der Waals surface area contributed by atoms with Gasteiger partial charge in [0.25, 0.3) is 0 Å². The SMILES string of the molecule is CC(C)OC(=O)NS(=O)(=O)N1CCC(Cl)C(C)C1.